The van der Waals surface area contributed by atoms with Crippen LogP contribution in [-0.2, 0) is 13.2 Å². The molecule has 0 bridgehead atoms. The maximum absolute atomic E-state index is 10.7. The van der Waals surface area contributed by atoms with E-state index in [1.54, 1.807) is 6.33 Å². The number of anilines is 1. The van der Waals surface area contributed by atoms with Gasteiger partial charge in [0.25, 0.3) is 0 Å². The lowest BCUT2D eigenvalue weighted by molar-refractivity contribution is 0.248. The minimum atomic E-state index is -0.130. The number of hydrazone groups is 1. The minimum absolute atomic E-state index is 0.130. The van der Waals surface area contributed by atoms with E-state index in [4.69, 9.17) is 10.1 Å². The summed E-state index contributed by atoms with van der Waals surface area (Å²) in [6, 6.07) is 15.0. The van der Waals surface area contributed by atoms with Gasteiger partial charge in [0.05, 0.1) is 42.6 Å². The summed E-state index contributed by atoms with van der Waals surface area (Å²) in [4.78, 5) is 15.2. The summed E-state index contributed by atoms with van der Waals surface area (Å²) in [7, 11) is 2.18. The molecule has 9 nitrogen and oxygen atoms in total. The molecule has 9 heteroatoms. The number of aliphatic hydroxyl groups excluding tert-OH is 1. The van der Waals surface area contributed by atoms with Crippen molar-refractivity contribution in [1.29, 1.82) is 0 Å². The third kappa shape index (κ3) is 4.40. The highest BCUT2D eigenvalue weighted by Gasteiger charge is 2.27. The first kappa shape index (κ1) is 25.4. The molecular formula is C33H34N8O. The number of piperidine rings is 1. The van der Waals surface area contributed by atoms with Crippen LogP contribution in [0.3, 0.4) is 0 Å². The van der Waals surface area contributed by atoms with Crippen molar-refractivity contribution in [3.05, 3.63) is 82.9 Å². The number of hydrogen-bond donors (Lipinski definition) is 3. The van der Waals surface area contributed by atoms with Gasteiger partial charge in [0.15, 0.2) is 0 Å². The number of likely N-dealkylation sites (N-methyl/N-ethyl adjacent to an activating group) is 1. The Kier molecular flexibility index (Phi) is 6.15. The van der Waals surface area contributed by atoms with Gasteiger partial charge in [-0.05, 0) is 80.1 Å². The molecule has 212 valence electrons. The molecule has 1 atom stereocenters. The summed E-state index contributed by atoms with van der Waals surface area (Å²) in [6.45, 7) is 2.67. The van der Waals surface area contributed by atoms with Gasteiger partial charge in [-0.3, -0.25) is 10.1 Å². The molecule has 1 saturated carbocycles. The van der Waals surface area contributed by atoms with Crippen molar-refractivity contribution in [3.63, 3.8) is 0 Å². The van der Waals surface area contributed by atoms with E-state index >= 15 is 0 Å². The molecule has 3 aliphatic rings. The molecule has 2 aliphatic heterocycles. The SMILES string of the molecule is CN1CCC[C@@H](c2[nH]ncc2-c2cc3c(-c4cccc(N5Cc6ccc(C7CC7)cc6C=N5)c4CO)ncnc3[nH]2)C1. The third-order valence-corrected chi connectivity index (χ3v) is 9.13. The van der Waals surface area contributed by atoms with Gasteiger partial charge in [0.2, 0.25) is 0 Å². The van der Waals surface area contributed by atoms with Crippen LogP contribution in [0.4, 0.5) is 5.69 Å². The van der Waals surface area contributed by atoms with Crippen molar-refractivity contribution in [2.24, 2.45) is 5.10 Å². The zero-order valence-corrected chi connectivity index (χ0v) is 23.7. The number of fused-ring (bicyclic) bond motifs is 2. The number of rotatable bonds is 6. The smallest absolute Gasteiger partial charge is 0.141 e. The van der Waals surface area contributed by atoms with E-state index in [2.05, 4.69) is 56.4 Å². The van der Waals surface area contributed by atoms with Crippen molar-refractivity contribution in [1.82, 2.24) is 30.0 Å². The maximum atomic E-state index is 10.7. The number of benzene rings is 2. The van der Waals surface area contributed by atoms with Gasteiger partial charge >= 0.3 is 0 Å². The van der Waals surface area contributed by atoms with Crippen LogP contribution in [0.1, 0.15) is 65.5 Å². The van der Waals surface area contributed by atoms with E-state index in [1.807, 2.05) is 35.6 Å². The van der Waals surface area contributed by atoms with Crippen molar-refractivity contribution in [3.8, 4) is 22.5 Å². The van der Waals surface area contributed by atoms with Gasteiger partial charge in [0, 0.05) is 40.2 Å². The summed E-state index contributed by atoms with van der Waals surface area (Å²) in [5.74, 6) is 1.12. The molecule has 2 fully saturated rings. The van der Waals surface area contributed by atoms with Crippen molar-refractivity contribution in [2.75, 3.05) is 25.1 Å². The number of aliphatic hydroxyl groups is 1. The van der Waals surface area contributed by atoms with Crippen molar-refractivity contribution < 1.29 is 5.11 Å². The summed E-state index contributed by atoms with van der Waals surface area (Å²) in [5, 5.41) is 26.1. The first-order valence-electron chi connectivity index (χ1n) is 14.9. The Labute approximate surface area is 244 Å². The van der Waals surface area contributed by atoms with Gasteiger partial charge < -0.3 is 15.0 Å². The number of hydrogen-bond acceptors (Lipinski definition) is 7. The second kappa shape index (κ2) is 10.2. The lowest BCUT2D eigenvalue weighted by atomic mass is 9.92. The fourth-order valence-electron chi connectivity index (χ4n) is 6.76. The molecule has 0 radical (unpaired) electrons. The number of aromatic amines is 2. The van der Waals surface area contributed by atoms with Crippen LogP contribution in [0.5, 0.6) is 0 Å². The predicted octanol–water partition coefficient (Wildman–Crippen LogP) is 5.55. The summed E-state index contributed by atoms with van der Waals surface area (Å²) >= 11 is 0. The molecule has 8 rings (SSSR count). The van der Waals surface area contributed by atoms with Gasteiger partial charge in [-0.2, -0.15) is 10.2 Å². The minimum Gasteiger partial charge on any atom is -0.392 e. The normalized spacial score (nSPS) is 19.0. The summed E-state index contributed by atoms with van der Waals surface area (Å²) in [6.07, 6.45) is 10.3. The Morgan fingerprint density at radius 2 is 1.95 bits per heavy atom. The van der Waals surface area contributed by atoms with Crippen molar-refractivity contribution >= 4 is 22.9 Å². The van der Waals surface area contributed by atoms with Crippen LogP contribution in [0, 0.1) is 0 Å². The number of H-pyrrole nitrogens is 2. The maximum Gasteiger partial charge on any atom is 0.141 e. The van der Waals surface area contributed by atoms with E-state index in [1.165, 1.54) is 36.0 Å². The Morgan fingerprint density at radius 3 is 2.81 bits per heavy atom. The zero-order valence-electron chi connectivity index (χ0n) is 23.7. The third-order valence-electron chi connectivity index (χ3n) is 9.13. The lowest BCUT2D eigenvalue weighted by Crippen LogP contribution is -2.31. The Hall–Kier alpha value is -4.34. The van der Waals surface area contributed by atoms with Crippen molar-refractivity contribution in [2.45, 2.75) is 50.7 Å². The molecule has 42 heavy (non-hydrogen) atoms. The topological polar surface area (TPSA) is 109 Å². The van der Waals surface area contributed by atoms with E-state index in [0.717, 1.165) is 70.0 Å². The Balaban J connectivity index is 1.16. The van der Waals surface area contributed by atoms with E-state index < -0.39 is 0 Å². The molecule has 3 aromatic heterocycles. The number of nitrogens with one attached hydrogen (secondary N) is 2. The Morgan fingerprint density at radius 1 is 1.02 bits per heavy atom. The monoisotopic (exact) mass is 558 g/mol. The van der Waals surface area contributed by atoms with Crippen LogP contribution in [-0.4, -0.2) is 61.5 Å². The fraction of sp³-hybridized carbons (Fsp3) is 0.333. The largest absolute Gasteiger partial charge is 0.392 e. The van der Waals surface area contributed by atoms with E-state index in [-0.39, 0.29) is 6.61 Å². The summed E-state index contributed by atoms with van der Waals surface area (Å²) in [5.41, 5.74) is 11.1. The zero-order chi connectivity index (χ0) is 28.2. The molecule has 2 aromatic carbocycles. The number of nitrogens with zero attached hydrogens (tertiary/aromatic N) is 6. The molecular weight excluding hydrogens is 524 g/mol. The van der Waals surface area contributed by atoms with Gasteiger partial charge in [-0.15, -0.1) is 0 Å². The number of likely N-dealkylation sites (tertiary alicyclic amines) is 1. The van der Waals surface area contributed by atoms with Crippen LogP contribution in [0.15, 0.2) is 60.1 Å². The molecule has 0 spiro atoms. The van der Waals surface area contributed by atoms with Crippen LogP contribution >= 0.6 is 0 Å². The highest BCUT2D eigenvalue weighted by Crippen LogP contribution is 2.42. The van der Waals surface area contributed by atoms with Crippen LogP contribution in [0.2, 0.25) is 0 Å². The second-order valence-corrected chi connectivity index (χ2v) is 12.0. The molecule has 1 aliphatic carbocycles. The van der Waals surface area contributed by atoms with E-state index in [9.17, 15) is 5.11 Å². The predicted molar refractivity (Wildman–Crippen MR) is 164 cm³/mol. The summed E-state index contributed by atoms with van der Waals surface area (Å²) < 4.78 is 0. The Bertz CT molecular complexity index is 1820. The molecule has 0 amide bonds. The average molecular weight is 559 g/mol. The first-order valence-corrected chi connectivity index (χ1v) is 14.9. The fourth-order valence-corrected chi connectivity index (χ4v) is 6.76. The lowest BCUT2D eigenvalue weighted by Gasteiger charge is -2.29. The molecule has 5 aromatic rings. The second-order valence-electron chi connectivity index (χ2n) is 12.0. The molecule has 1 saturated heterocycles. The van der Waals surface area contributed by atoms with Gasteiger partial charge in [-0.1, -0.05) is 24.3 Å². The van der Waals surface area contributed by atoms with E-state index in [0.29, 0.717) is 18.4 Å². The molecule has 0 unspecified atom stereocenters. The standard InChI is InChI=1S/C33H34N8O/c1-40-11-3-4-23(16-40)31-27(15-36-39-31)29-13-26-32(34-19-35-33(26)38-29)25-5-2-6-30(28(25)18-42)41-17-22-10-9-21(20-7-8-20)12-24(22)14-37-41/h2,5-6,9-10,12-15,19-20,23,42H,3-4,7-8,11,16-18H2,1H3,(H,36,39)(H,34,35,38)/t23-/m1/s1. The molecule has 5 heterocycles. The highest BCUT2D eigenvalue weighted by atomic mass is 16.3. The number of aromatic nitrogens is 5. The van der Waals surface area contributed by atoms with Gasteiger partial charge in [-0.25, -0.2) is 9.97 Å². The van der Waals surface area contributed by atoms with Gasteiger partial charge in [0.1, 0.15) is 12.0 Å². The molecule has 3 N–H and O–H groups in total. The van der Waals surface area contributed by atoms with Crippen LogP contribution in [0.25, 0.3) is 33.5 Å². The first-order chi connectivity index (χ1) is 20.7. The highest BCUT2D eigenvalue weighted by molar-refractivity contribution is 5.96. The van der Waals surface area contributed by atoms with Crippen LogP contribution < -0.4 is 5.01 Å². The quantitative estimate of drug-likeness (QED) is 0.252. The average Bonchev–Trinajstić information content (AvgIpc) is 3.59.